The van der Waals surface area contributed by atoms with E-state index in [1.54, 1.807) is 12.1 Å². The molecule has 0 saturated heterocycles. The summed E-state index contributed by atoms with van der Waals surface area (Å²) < 4.78 is 22.4. The normalized spacial score (nSPS) is 9.50. The molecule has 1 rings (SSSR count). The lowest BCUT2D eigenvalue weighted by atomic mass is 10.2. The van der Waals surface area contributed by atoms with Crippen molar-refractivity contribution in [1.82, 2.24) is 0 Å². The Morgan fingerprint density at radius 3 is 2.14 bits per heavy atom. The van der Waals surface area contributed by atoms with Crippen LogP contribution in [0.2, 0.25) is 0 Å². The Labute approximate surface area is 85.0 Å². The lowest BCUT2D eigenvalue weighted by Crippen LogP contribution is -1.88. The first-order valence-electron chi connectivity index (χ1n) is 4.49. The van der Waals surface area contributed by atoms with E-state index < -0.39 is 0 Å². The van der Waals surface area contributed by atoms with E-state index in [9.17, 15) is 0 Å². The van der Waals surface area contributed by atoms with E-state index in [1.807, 2.05) is 0 Å². The highest BCUT2D eigenvalue weighted by molar-refractivity contribution is 5.45. The molecule has 1 aromatic rings. The van der Waals surface area contributed by atoms with E-state index in [0.717, 1.165) is 0 Å². The highest BCUT2D eigenvalue weighted by Crippen LogP contribution is 2.21. The number of ether oxygens (including phenoxy) is 3. The van der Waals surface area contributed by atoms with Gasteiger partial charge in [-0.3, -0.25) is 0 Å². The van der Waals surface area contributed by atoms with Crippen molar-refractivity contribution < 1.29 is 15.6 Å². The topological polar surface area (TPSA) is 27.7 Å². The minimum Gasteiger partial charge on any atom is -0.497 e. The average molecular weight is 193 g/mol. The van der Waals surface area contributed by atoms with Crippen LogP contribution in [-0.2, 0) is 4.74 Å². The molecule has 0 aromatic heterocycles. The molecule has 14 heavy (non-hydrogen) atoms. The predicted octanol–water partition coefficient (Wildman–Crippen LogP) is 1.66. The van der Waals surface area contributed by atoms with Crippen molar-refractivity contribution in [3.63, 3.8) is 0 Å². The SMILES string of the molecule is [2H]c1c(OC)cc(C#COC)cc1OC. The van der Waals surface area contributed by atoms with Crippen LogP contribution in [0.5, 0.6) is 11.5 Å². The molecule has 3 heteroatoms. The van der Waals surface area contributed by atoms with Gasteiger partial charge in [0.2, 0.25) is 0 Å². The summed E-state index contributed by atoms with van der Waals surface area (Å²) in [4.78, 5) is 0. The van der Waals surface area contributed by atoms with Crippen molar-refractivity contribution in [3.8, 4) is 23.5 Å². The third-order valence-electron chi connectivity index (χ3n) is 1.56. The van der Waals surface area contributed by atoms with Crippen molar-refractivity contribution in [2.24, 2.45) is 0 Å². The molecule has 0 fully saturated rings. The van der Waals surface area contributed by atoms with Crippen molar-refractivity contribution >= 4 is 0 Å². The lowest BCUT2D eigenvalue weighted by molar-refractivity contribution is 0.372. The second-order valence-corrected chi connectivity index (χ2v) is 2.44. The molecule has 0 aliphatic heterocycles. The molecule has 1 aromatic carbocycles. The molecule has 0 heterocycles. The number of benzene rings is 1. The van der Waals surface area contributed by atoms with Crippen molar-refractivity contribution in [3.05, 3.63) is 23.7 Å². The Balaban J connectivity index is 3.20. The summed E-state index contributed by atoms with van der Waals surface area (Å²) in [5, 5.41) is 0. The monoisotopic (exact) mass is 193 g/mol. The summed E-state index contributed by atoms with van der Waals surface area (Å²) >= 11 is 0. The predicted molar refractivity (Wildman–Crippen MR) is 53.4 cm³/mol. The summed E-state index contributed by atoms with van der Waals surface area (Å²) in [6.07, 6.45) is 2.46. The Morgan fingerprint density at radius 2 is 1.71 bits per heavy atom. The van der Waals surface area contributed by atoms with E-state index >= 15 is 0 Å². The molecule has 3 nitrogen and oxygen atoms in total. The van der Waals surface area contributed by atoms with Gasteiger partial charge in [-0.2, -0.15) is 0 Å². The van der Waals surface area contributed by atoms with E-state index in [2.05, 4.69) is 16.8 Å². The molecule has 74 valence electrons. The molecule has 0 spiro atoms. The Kier molecular flexibility index (Phi) is 3.15. The van der Waals surface area contributed by atoms with Gasteiger partial charge in [0.1, 0.15) is 17.6 Å². The van der Waals surface area contributed by atoms with Gasteiger partial charge in [-0.15, -0.1) is 0 Å². The maximum absolute atomic E-state index is 7.69. The zero-order chi connectivity index (χ0) is 11.3. The van der Waals surface area contributed by atoms with Crippen LogP contribution in [0.3, 0.4) is 0 Å². The smallest absolute Gasteiger partial charge is 0.123 e. The first kappa shape index (κ1) is 8.76. The van der Waals surface area contributed by atoms with E-state index in [-0.39, 0.29) is 6.04 Å². The van der Waals surface area contributed by atoms with Gasteiger partial charge in [0.15, 0.2) is 0 Å². The molecule has 0 amide bonds. The van der Waals surface area contributed by atoms with Gasteiger partial charge >= 0.3 is 0 Å². The molecule has 0 atom stereocenters. The van der Waals surface area contributed by atoms with Crippen LogP contribution in [0.15, 0.2) is 18.2 Å². The zero-order valence-corrected chi connectivity index (χ0v) is 8.38. The summed E-state index contributed by atoms with van der Waals surface area (Å²) in [6.45, 7) is 0. The van der Waals surface area contributed by atoms with Gasteiger partial charge in [0, 0.05) is 11.6 Å². The summed E-state index contributed by atoms with van der Waals surface area (Å²) in [5.41, 5.74) is 0.682. The Hall–Kier alpha value is -1.82. The molecular weight excluding hydrogens is 180 g/mol. The number of methoxy groups -OCH3 is 3. The molecule has 0 aliphatic carbocycles. The Bertz CT molecular complexity index is 379. The first-order valence-corrected chi connectivity index (χ1v) is 3.99. The third kappa shape index (κ3) is 2.60. The van der Waals surface area contributed by atoms with Gasteiger partial charge in [-0.05, 0) is 18.1 Å². The number of hydrogen-bond acceptors (Lipinski definition) is 3. The van der Waals surface area contributed by atoms with Crippen molar-refractivity contribution in [2.75, 3.05) is 21.3 Å². The fraction of sp³-hybridized carbons (Fsp3) is 0.273. The van der Waals surface area contributed by atoms with E-state index in [1.165, 1.54) is 21.3 Å². The van der Waals surface area contributed by atoms with Gasteiger partial charge in [-0.25, -0.2) is 0 Å². The van der Waals surface area contributed by atoms with Crippen LogP contribution in [0, 0.1) is 12.0 Å². The maximum atomic E-state index is 7.69. The minimum absolute atomic E-state index is 0.211. The van der Waals surface area contributed by atoms with Gasteiger partial charge in [0.05, 0.1) is 22.7 Å². The molecular formula is C11H12O3. The van der Waals surface area contributed by atoms with Crippen LogP contribution in [-0.4, -0.2) is 21.3 Å². The molecule has 0 unspecified atom stereocenters. The van der Waals surface area contributed by atoms with E-state index in [0.29, 0.717) is 17.1 Å². The summed E-state index contributed by atoms with van der Waals surface area (Å²) in [6, 6.07) is 3.54. The Morgan fingerprint density at radius 1 is 1.14 bits per heavy atom. The molecule has 0 bridgehead atoms. The highest BCUT2D eigenvalue weighted by atomic mass is 16.5. The lowest BCUT2D eigenvalue weighted by Gasteiger charge is -2.04. The fourth-order valence-corrected chi connectivity index (χ4v) is 0.920. The summed E-state index contributed by atoms with van der Waals surface area (Å²) in [5.74, 6) is 3.61. The minimum atomic E-state index is 0.211. The van der Waals surface area contributed by atoms with Crippen LogP contribution in [0.25, 0.3) is 0 Å². The zero-order valence-electron chi connectivity index (χ0n) is 9.38. The highest BCUT2D eigenvalue weighted by Gasteiger charge is 1.99. The largest absolute Gasteiger partial charge is 0.497 e. The number of hydrogen-bond donors (Lipinski definition) is 0. The summed E-state index contributed by atoms with van der Waals surface area (Å²) in [7, 11) is 4.49. The standard InChI is InChI=1S/C11H12O3/c1-12-5-4-9-6-10(13-2)8-11(7-9)14-3/h6-8H,1-3H3/i8D. The first-order chi connectivity index (χ1) is 7.22. The maximum Gasteiger partial charge on any atom is 0.123 e. The second-order valence-electron chi connectivity index (χ2n) is 2.44. The van der Waals surface area contributed by atoms with Crippen molar-refractivity contribution in [1.29, 1.82) is 0 Å². The molecule has 0 saturated carbocycles. The number of rotatable bonds is 2. The second kappa shape index (κ2) is 5.03. The van der Waals surface area contributed by atoms with Gasteiger partial charge < -0.3 is 14.2 Å². The van der Waals surface area contributed by atoms with Crippen LogP contribution in [0.4, 0.5) is 0 Å². The van der Waals surface area contributed by atoms with E-state index in [4.69, 9.17) is 10.8 Å². The average Bonchev–Trinajstić information content (AvgIpc) is 2.27. The third-order valence-corrected chi connectivity index (χ3v) is 1.56. The molecule has 0 radical (unpaired) electrons. The quantitative estimate of drug-likeness (QED) is 0.668. The molecule has 0 N–H and O–H groups in total. The van der Waals surface area contributed by atoms with Gasteiger partial charge in [0.25, 0.3) is 0 Å². The van der Waals surface area contributed by atoms with Gasteiger partial charge in [-0.1, -0.05) is 0 Å². The van der Waals surface area contributed by atoms with Crippen LogP contribution < -0.4 is 9.47 Å². The van der Waals surface area contributed by atoms with Crippen LogP contribution in [0.1, 0.15) is 6.93 Å². The van der Waals surface area contributed by atoms with Crippen molar-refractivity contribution in [2.45, 2.75) is 0 Å². The molecule has 0 aliphatic rings. The fourth-order valence-electron chi connectivity index (χ4n) is 0.920. The van der Waals surface area contributed by atoms with Crippen LogP contribution >= 0.6 is 0 Å².